The fourth-order valence-corrected chi connectivity index (χ4v) is 4.58. The van der Waals surface area contributed by atoms with Crippen LogP contribution in [-0.4, -0.2) is 23.6 Å². The maximum absolute atomic E-state index is 3.89. The Morgan fingerprint density at radius 1 is 1.08 bits per heavy atom. The summed E-state index contributed by atoms with van der Waals surface area (Å²) < 4.78 is 0. The van der Waals surface area contributed by atoms with Crippen molar-refractivity contribution in [3.8, 4) is 0 Å². The van der Waals surface area contributed by atoms with Gasteiger partial charge in [-0.3, -0.25) is 0 Å². The molecule has 0 aromatic rings. The Kier molecular flexibility index (Phi) is 2.30. The molecule has 3 aliphatic rings. The number of hydrogen-bond donors (Lipinski definition) is 1. The van der Waals surface area contributed by atoms with Gasteiger partial charge in [0.05, 0.1) is 0 Å². The molecule has 1 saturated heterocycles. The van der Waals surface area contributed by atoms with Gasteiger partial charge in [0.1, 0.15) is 0 Å². The predicted molar refractivity (Wildman–Crippen MR) is 58.1 cm³/mol. The lowest BCUT2D eigenvalue weighted by molar-refractivity contribution is 0.326. The topological polar surface area (TPSA) is 12.0 Å². The third-order valence-electron chi connectivity index (χ3n) is 4.12. The Morgan fingerprint density at radius 3 is 2.69 bits per heavy atom. The van der Waals surface area contributed by atoms with E-state index in [0.717, 1.165) is 23.9 Å². The maximum atomic E-state index is 3.89. The van der Waals surface area contributed by atoms with Crippen LogP contribution in [0.3, 0.4) is 0 Å². The molecule has 3 fully saturated rings. The Balaban J connectivity index is 1.55. The first-order valence-corrected chi connectivity index (χ1v) is 6.91. The molecule has 1 nitrogen and oxygen atoms in total. The predicted octanol–water partition coefficient (Wildman–Crippen LogP) is 2.27. The fourth-order valence-electron chi connectivity index (χ4n) is 3.42. The van der Waals surface area contributed by atoms with Gasteiger partial charge in [0, 0.05) is 17.8 Å². The lowest BCUT2D eigenvalue weighted by Crippen LogP contribution is -2.41. The van der Waals surface area contributed by atoms with E-state index in [0.29, 0.717) is 0 Å². The Bertz CT molecular complexity index is 189. The maximum Gasteiger partial charge on any atom is 0.0168 e. The van der Waals surface area contributed by atoms with E-state index in [2.05, 4.69) is 17.1 Å². The van der Waals surface area contributed by atoms with Gasteiger partial charge in [-0.15, -0.1) is 0 Å². The van der Waals surface area contributed by atoms with E-state index in [9.17, 15) is 0 Å². The summed E-state index contributed by atoms with van der Waals surface area (Å²) in [5.74, 6) is 4.90. The molecule has 13 heavy (non-hydrogen) atoms. The lowest BCUT2D eigenvalue weighted by atomic mass is 9.94. The van der Waals surface area contributed by atoms with Gasteiger partial charge in [-0.05, 0) is 43.3 Å². The van der Waals surface area contributed by atoms with Crippen molar-refractivity contribution in [3.63, 3.8) is 0 Å². The molecule has 0 aromatic carbocycles. The molecule has 0 amide bonds. The van der Waals surface area contributed by atoms with Gasteiger partial charge >= 0.3 is 0 Å². The van der Waals surface area contributed by atoms with Crippen LogP contribution in [0.15, 0.2) is 0 Å². The SMILES string of the molecule is C1CC(NC2CC3CCC2C3)CS1. The minimum atomic E-state index is 0.856. The molecule has 2 aliphatic carbocycles. The Hall–Kier alpha value is 0.310. The molecule has 2 bridgehead atoms. The molecule has 2 saturated carbocycles. The normalized spacial score (nSPS) is 48.9. The van der Waals surface area contributed by atoms with E-state index in [-0.39, 0.29) is 0 Å². The monoisotopic (exact) mass is 197 g/mol. The second kappa shape index (κ2) is 3.47. The highest BCUT2D eigenvalue weighted by molar-refractivity contribution is 7.99. The highest BCUT2D eigenvalue weighted by atomic mass is 32.2. The molecule has 4 atom stereocenters. The van der Waals surface area contributed by atoms with Crippen LogP contribution >= 0.6 is 11.8 Å². The van der Waals surface area contributed by atoms with Crippen molar-refractivity contribution in [1.29, 1.82) is 0 Å². The van der Waals surface area contributed by atoms with Gasteiger partial charge in [0.25, 0.3) is 0 Å². The summed E-state index contributed by atoms with van der Waals surface area (Å²) in [6.07, 6.45) is 7.49. The third-order valence-corrected chi connectivity index (χ3v) is 5.28. The van der Waals surface area contributed by atoms with Crippen LogP contribution in [0, 0.1) is 11.8 Å². The van der Waals surface area contributed by atoms with Gasteiger partial charge in [-0.25, -0.2) is 0 Å². The first-order valence-electron chi connectivity index (χ1n) is 5.75. The lowest BCUT2D eigenvalue weighted by Gasteiger charge is -2.26. The van der Waals surface area contributed by atoms with E-state index in [1.165, 1.54) is 43.6 Å². The van der Waals surface area contributed by atoms with Crippen LogP contribution in [0.5, 0.6) is 0 Å². The number of rotatable bonds is 2. The quantitative estimate of drug-likeness (QED) is 0.729. The van der Waals surface area contributed by atoms with Crippen molar-refractivity contribution >= 4 is 11.8 Å². The summed E-state index contributed by atoms with van der Waals surface area (Å²) in [5.41, 5.74) is 0. The van der Waals surface area contributed by atoms with Crippen molar-refractivity contribution < 1.29 is 0 Å². The highest BCUT2D eigenvalue weighted by Gasteiger charge is 2.40. The molecule has 3 rings (SSSR count). The van der Waals surface area contributed by atoms with E-state index >= 15 is 0 Å². The molecular weight excluding hydrogens is 178 g/mol. The Morgan fingerprint density at radius 2 is 2.08 bits per heavy atom. The average Bonchev–Trinajstić information content (AvgIpc) is 2.77. The molecule has 1 N–H and O–H groups in total. The van der Waals surface area contributed by atoms with Gasteiger partial charge in [0.15, 0.2) is 0 Å². The summed E-state index contributed by atoms with van der Waals surface area (Å²) in [6.45, 7) is 0. The molecule has 4 unspecified atom stereocenters. The molecule has 2 heteroatoms. The van der Waals surface area contributed by atoms with E-state index in [4.69, 9.17) is 0 Å². The number of fused-ring (bicyclic) bond motifs is 2. The zero-order valence-corrected chi connectivity index (χ0v) is 8.98. The van der Waals surface area contributed by atoms with E-state index in [1.54, 1.807) is 0 Å². The first-order chi connectivity index (χ1) is 6.42. The average molecular weight is 197 g/mol. The van der Waals surface area contributed by atoms with Crippen LogP contribution in [0.1, 0.15) is 32.1 Å². The molecule has 1 aliphatic heterocycles. The summed E-state index contributed by atoms with van der Waals surface area (Å²) in [4.78, 5) is 0. The summed E-state index contributed by atoms with van der Waals surface area (Å²) >= 11 is 2.12. The van der Waals surface area contributed by atoms with Crippen LogP contribution in [0.25, 0.3) is 0 Å². The van der Waals surface area contributed by atoms with E-state index in [1.807, 2.05) is 0 Å². The fraction of sp³-hybridized carbons (Fsp3) is 1.00. The Labute approximate surface area is 85.0 Å². The van der Waals surface area contributed by atoms with Crippen LogP contribution in [-0.2, 0) is 0 Å². The summed E-state index contributed by atoms with van der Waals surface area (Å²) in [5, 5.41) is 3.89. The number of nitrogens with one attached hydrogen (secondary N) is 1. The number of hydrogen-bond acceptors (Lipinski definition) is 2. The molecule has 0 spiro atoms. The second-order valence-corrected chi connectivity index (χ2v) is 6.16. The van der Waals surface area contributed by atoms with Crippen LogP contribution in [0.2, 0.25) is 0 Å². The first kappa shape index (κ1) is 8.60. The summed E-state index contributed by atoms with van der Waals surface area (Å²) in [7, 11) is 0. The smallest absolute Gasteiger partial charge is 0.0168 e. The molecule has 1 heterocycles. The molecule has 0 radical (unpaired) electrons. The van der Waals surface area contributed by atoms with E-state index < -0.39 is 0 Å². The van der Waals surface area contributed by atoms with Crippen LogP contribution in [0.4, 0.5) is 0 Å². The third kappa shape index (κ3) is 1.63. The zero-order valence-electron chi connectivity index (χ0n) is 8.17. The van der Waals surface area contributed by atoms with Crippen LogP contribution < -0.4 is 5.32 Å². The second-order valence-electron chi connectivity index (χ2n) is 5.01. The van der Waals surface area contributed by atoms with Crippen molar-refractivity contribution in [3.05, 3.63) is 0 Å². The molecule has 74 valence electrons. The van der Waals surface area contributed by atoms with Gasteiger partial charge in [0.2, 0.25) is 0 Å². The van der Waals surface area contributed by atoms with Crippen molar-refractivity contribution in [2.45, 2.75) is 44.2 Å². The molecular formula is C11H19NS. The minimum Gasteiger partial charge on any atom is -0.310 e. The highest BCUT2D eigenvalue weighted by Crippen LogP contribution is 2.44. The largest absolute Gasteiger partial charge is 0.310 e. The minimum absolute atomic E-state index is 0.856. The van der Waals surface area contributed by atoms with Gasteiger partial charge in [-0.1, -0.05) is 6.42 Å². The van der Waals surface area contributed by atoms with Crippen molar-refractivity contribution in [2.75, 3.05) is 11.5 Å². The summed E-state index contributed by atoms with van der Waals surface area (Å²) in [6, 6.07) is 1.76. The number of thioether (sulfide) groups is 1. The zero-order chi connectivity index (χ0) is 8.67. The van der Waals surface area contributed by atoms with Gasteiger partial charge < -0.3 is 5.32 Å². The standard InChI is InChI=1S/C11H19NS/c1-2-9-5-8(1)6-11(9)12-10-3-4-13-7-10/h8-12H,1-7H2. The van der Waals surface area contributed by atoms with Crippen molar-refractivity contribution in [2.24, 2.45) is 11.8 Å². The van der Waals surface area contributed by atoms with Crippen molar-refractivity contribution in [1.82, 2.24) is 5.32 Å². The van der Waals surface area contributed by atoms with Gasteiger partial charge in [-0.2, -0.15) is 11.8 Å². The molecule has 0 aromatic heterocycles.